The summed E-state index contributed by atoms with van der Waals surface area (Å²) in [6.45, 7) is 1.26. The van der Waals surface area contributed by atoms with Crippen LogP contribution in [0.4, 0.5) is 10.5 Å². The minimum Gasteiger partial charge on any atom is -0.546 e. The third-order valence-electron chi connectivity index (χ3n) is 4.58. The van der Waals surface area contributed by atoms with Gasteiger partial charge in [-0.15, -0.1) is 0 Å². The first-order valence-electron chi connectivity index (χ1n) is 9.33. The van der Waals surface area contributed by atoms with Crippen molar-refractivity contribution in [3.05, 3.63) is 69.4 Å². The number of amides is 3. The number of hydrogen-bond acceptors (Lipinski definition) is 8. The smallest absolute Gasteiger partial charge is 0.329 e. The molecule has 2 aromatic rings. The standard InChI is InChI=1S/C21H19N3O8/c1-12(20(26)27)32-17-8-5-14(10-18(17)31-2)9-16-19(25)23(21(28)22-16)11-13-3-6-15(7-4-13)24(29)30/h3-10,12H,11H2,1-2H3,(H,22,28)(H,26,27)/p-1/b16-9-/t12-/m1/s1. The maximum atomic E-state index is 12.7. The van der Waals surface area contributed by atoms with Gasteiger partial charge in [-0.1, -0.05) is 18.2 Å². The average Bonchev–Trinajstić information content (AvgIpc) is 3.02. The Morgan fingerprint density at radius 3 is 2.47 bits per heavy atom. The van der Waals surface area contributed by atoms with Crippen molar-refractivity contribution in [1.82, 2.24) is 10.2 Å². The molecule has 0 spiro atoms. The minimum absolute atomic E-state index is 0.0238. The van der Waals surface area contributed by atoms with Crippen molar-refractivity contribution in [1.29, 1.82) is 0 Å². The highest BCUT2D eigenvalue weighted by atomic mass is 16.6. The second-order valence-corrected chi connectivity index (χ2v) is 6.79. The number of ether oxygens (including phenoxy) is 2. The highest BCUT2D eigenvalue weighted by molar-refractivity contribution is 6.13. The molecular weight excluding hydrogens is 422 g/mol. The van der Waals surface area contributed by atoms with Gasteiger partial charge in [-0.05, 0) is 36.3 Å². The number of benzene rings is 2. The number of nitro groups is 1. The molecule has 3 amide bonds. The van der Waals surface area contributed by atoms with Crippen LogP contribution in [0.1, 0.15) is 18.1 Å². The van der Waals surface area contributed by atoms with Gasteiger partial charge in [-0.25, -0.2) is 4.79 Å². The van der Waals surface area contributed by atoms with E-state index in [9.17, 15) is 29.6 Å². The summed E-state index contributed by atoms with van der Waals surface area (Å²) >= 11 is 0. The monoisotopic (exact) mass is 440 g/mol. The number of methoxy groups -OCH3 is 1. The Hall–Kier alpha value is -4.41. The number of carboxylic acids is 1. The zero-order valence-corrected chi connectivity index (χ0v) is 17.1. The number of imide groups is 1. The van der Waals surface area contributed by atoms with Gasteiger partial charge in [0.25, 0.3) is 11.6 Å². The molecular formula is C21H18N3O8-. The summed E-state index contributed by atoms with van der Waals surface area (Å²) in [6.07, 6.45) is 0.238. The molecule has 1 aliphatic heterocycles. The lowest BCUT2D eigenvalue weighted by atomic mass is 10.1. The van der Waals surface area contributed by atoms with E-state index < -0.39 is 28.9 Å². The van der Waals surface area contributed by atoms with Crippen LogP contribution >= 0.6 is 0 Å². The van der Waals surface area contributed by atoms with Crippen molar-refractivity contribution >= 4 is 29.7 Å². The second-order valence-electron chi connectivity index (χ2n) is 6.79. The van der Waals surface area contributed by atoms with Crippen LogP contribution in [0.15, 0.2) is 48.2 Å². The number of urea groups is 1. The van der Waals surface area contributed by atoms with Crippen molar-refractivity contribution in [2.24, 2.45) is 0 Å². The van der Waals surface area contributed by atoms with E-state index in [-0.39, 0.29) is 29.4 Å². The maximum absolute atomic E-state index is 12.7. The molecule has 1 heterocycles. The molecule has 0 aromatic heterocycles. The highest BCUT2D eigenvalue weighted by Gasteiger charge is 2.33. The number of carboxylic acid groups (broad SMARTS) is 1. The first kappa shape index (κ1) is 22.3. The number of non-ortho nitro benzene ring substituents is 1. The molecule has 1 N–H and O–H groups in total. The van der Waals surface area contributed by atoms with E-state index in [1.807, 2.05) is 0 Å². The van der Waals surface area contributed by atoms with Crippen molar-refractivity contribution in [2.75, 3.05) is 7.11 Å². The van der Waals surface area contributed by atoms with Gasteiger partial charge in [-0.2, -0.15) is 0 Å². The van der Waals surface area contributed by atoms with Crippen LogP contribution in [0.25, 0.3) is 6.08 Å². The second kappa shape index (κ2) is 9.16. The van der Waals surface area contributed by atoms with E-state index in [1.165, 1.54) is 56.5 Å². The summed E-state index contributed by atoms with van der Waals surface area (Å²) < 4.78 is 10.5. The van der Waals surface area contributed by atoms with Crippen LogP contribution < -0.4 is 19.9 Å². The van der Waals surface area contributed by atoms with Crippen LogP contribution in [0.3, 0.4) is 0 Å². The predicted octanol–water partition coefficient (Wildman–Crippen LogP) is 1.21. The minimum atomic E-state index is -1.38. The van der Waals surface area contributed by atoms with Crippen LogP contribution in [-0.4, -0.2) is 40.9 Å². The molecule has 166 valence electrons. The van der Waals surface area contributed by atoms with Crippen molar-refractivity contribution in [2.45, 2.75) is 19.6 Å². The summed E-state index contributed by atoms with van der Waals surface area (Å²) in [7, 11) is 1.37. The lowest BCUT2D eigenvalue weighted by Gasteiger charge is -2.17. The van der Waals surface area contributed by atoms with Gasteiger partial charge >= 0.3 is 6.03 Å². The van der Waals surface area contributed by atoms with E-state index in [1.54, 1.807) is 6.07 Å². The Morgan fingerprint density at radius 1 is 1.19 bits per heavy atom. The fraction of sp³-hybridized carbons (Fsp3) is 0.190. The summed E-state index contributed by atoms with van der Waals surface area (Å²) in [5.74, 6) is -1.55. The van der Waals surface area contributed by atoms with Gasteiger partial charge in [0.15, 0.2) is 11.5 Å². The van der Waals surface area contributed by atoms with E-state index >= 15 is 0 Å². The topological polar surface area (TPSA) is 151 Å². The maximum Gasteiger partial charge on any atom is 0.329 e. The largest absolute Gasteiger partial charge is 0.546 e. The number of nitro benzene ring substituents is 1. The average molecular weight is 440 g/mol. The molecule has 1 fully saturated rings. The van der Waals surface area contributed by atoms with E-state index in [0.29, 0.717) is 11.1 Å². The van der Waals surface area contributed by atoms with Crippen LogP contribution in [-0.2, 0) is 16.1 Å². The van der Waals surface area contributed by atoms with Gasteiger partial charge in [0.2, 0.25) is 0 Å². The fourth-order valence-electron chi connectivity index (χ4n) is 2.90. The molecule has 1 atom stereocenters. The van der Waals surface area contributed by atoms with Crippen molar-refractivity contribution in [3.63, 3.8) is 0 Å². The third kappa shape index (κ3) is 4.83. The Labute approximate surface area is 182 Å². The number of carbonyl (C=O) groups is 3. The van der Waals surface area contributed by atoms with Gasteiger partial charge in [-0.3, -0.25) is 19.8 Å². The number of aliphatic carboxylic acids is 1. The first-order valence-corrected chi connectivity index (χ1v) is 9.33. The van der Waals surface area contributed by atoms with E-state index in [2.05, 4.69) is 5.32 Å². The molecule has 1 saturated heterocycles. The SMILES string of the molecule is COc1cc(/C=C2\NC(=O)N(Cc3ccc([N+](=O)[O-])cc3)C2=O)ccc1O[C@H](C)C(=O)[O-]. The molecule has 2 aromatic carbocycles. The van der Waals surface area contributed by atoms with Crippen LogP contribution in [0, 0.1) is 10.1 Å². The highest BCUT2D eigenvalue weighted by Crippen LogP contribution is 2.30. The number of hydrogen-bond donors (Lipinski definition) is 1. The van der Waals surface area contributed by atoms with Crippen LogP contribution in [0.2, 0.25) is 0 Å². The molecule has 11 heteroatoms. The zero-order chi connectivity index (χ0) is 23.4. The Kier molecular flexibility index (Phi) is 6.38. The molecule has 0 radical (unpaired) electrons. The fourth-order valence-corrected chi connectivity index (χ4v) is 2.90. The first-order chi connectivity index (χ1) is 15.2. The van der Waals surface area contributed by atoms with Gasteiger partial charge in [0.05, 0.1) is 24.5 Å². The summed E-state index contributed by atoms with van der Waals surface area (Å²) in [5.41, 5.74) is 0.972. The lowest BCUT2D eigenvalue weighted by molar-refractivity contribution is -0.384. The van der Waals surface area contributed by atoms with Gasteiger partial charge in [0, 0.05) is 12.1 Å². The molecule has 0 unspecified atom stereocenters. The Bertz CT molecular complexity index is 1110. The normalized spacial score (nSPS) is 15.4. The molecule has 0 aliphatic carbocycles. The molecule has 0 bridgehead atoms. The number of rotatable bonds is 8. The number of carbonyl (C=O) groups excluding carboxylic acids is 3. The van der Waals surface area contributed by atoms with Gasteiger partial charge < -0.3 is 24.7 Å². The zero-order valence-electron chi connectivity index (χ0n) is 17.1. The molecule has 32 heavy (non-hydrogen) atoms. The summed E-state index contributed by atoms with van der Waals surface area (Å²) in [4.78, 5) is 47.0. The Balaban J connectivity index is 1.77. The summed E-state index contributed by atoms with van der Waals surface area (Å²) in [5, 5.41) is 24.1. The van der Waals surface area contributed by atoms with Crippen LogP contribution in [0.5, 0.6) is 11.5 Å². The molecule has 11 nitrogen and oxygen atoms in total. The van der Waals surface area contributed by atoms with Crippen molar-refractivity contribution in [3.8, 4) is 11.5 Å². The molecule has 0 saturated carbocycles. The molecule has 1 aliphatic rings. The molecule has 3 rings (SSSR count). The third-order valence-corrected chi connectivity index (χ3v) is 4.58. The Morgan fingerprint density at radius 2 is 1.88 bits per heavy atom. The number of nitrogens with zero attached hydrogens (tertiary/aromatic N) is 2. The van der Waals surface area contributed by atoms with Crippen molar-refractivity contribution < 1.29 is 33.9 Å². The lowest BCUT2D eigenvalue weighted by Crippen LogP contribution is -2.37. The number of nitrogens with one attached hydrogen (secondary N) is 1. The quantitative estimate of drug-likeness (QED) is 0.278. The predicted molar refractivity (Wildman–Crippen MR) is 108 cm³/mol. The van der Waals surface area contributed by atoms with E-state index in [0.717, 1.165) is 4.90 Å². The van der Waals surface area contributed by atoms with Gasteiger partial charge in [0.1, 0.15) is 11.8 Å². The van der Waals surface area contributed by atoms with E-state index in [4.69, 9.17) is 9.47 Å². The summed E-state index contributed by atoms with van der Waals surface area (Å²) in [6, 6.07) is 9.45.